The van der Waals surface area contributed by atoms with Crippen LogP contribution in [0.3, 0.4) is 0 Å². The molecular formula is C29H29N3OS2. The van der Waals surface area contributed by atoms with E-state index in [0.717, 1.165) is 24.9 Å². The van der Waals surface area contributed by atoms with Crippen molar-refractivity contribution in [1.29, 1.82) is 0 Å². The number of anilines is 1. The van der Waals surface area contributed by atoms with Crippen LogP contribution in [-0.2, 0) is 32.2 Å². The van der Waals surface area contributed by atoms with Gasteiger partial charge in [-0.3, -0.25) is 0 Å². The summed E-state index contributed by atoms with van der Waals surface area (Å²) in [7, 11) is 0. The van der Waals surface area contributed by atoms with Crippen molar-refractivity contribution < 1.29 is 4.79 Å². The number of aryl methyl sites for hydroxylation is 2. The van der Waals surface area contributed by atoms with Crippen LogP contribution < -0.4 is 5.32 Å². The first-order valence-electron chi connectivity index (χ1n) is 12.8. The monoisotopic (exact) mass is 499 g/mol. The molecule has 3 aromatic heterocycles. The normalized spacial score (nSPS) is 18.7. The third-order valence-electron chi connectivity index (χ3n) is 7.89. The molecule has 4 aromatic rings. The molecule has 2 amide bonds. The highest BCUT2D eigenvalue weighted by molar-refractivity contribution is 7.15. The molecule has 1 N–H and O–H groups in total. The summed E-state index contributed by atoms with van der Waals surface area (Å²) in [6, 6.07) is 14.9. The molecule has 0 saturated carbocycles. The smallest absolute Gasteiger partial charge is 0.310 e. The number of aromatic nitrogens is 1. The lowest BCUT2D eigenvalue weighted by molar-refractivity contribution is 0.195. The van der Waals surface area contributed by atoms with Gasteiger partial charge < -0.3 is 14.8 Å². The molecule has 0 saturated heterocycles. The van der Waals surface area contributed by atoms with E-state index in [1.54, 1.807) is 11.3 Å². The van der Waals surface area contributed by atoms with E-state index in [1.165, 1.54) is 74.8 Å². The zero-order valence-electron chi connectivity index (χ0n) is 19.8. The zero-order chi connectivity index (χ0) is 23.4. The molecule has 1 aromatic carbocycles. The summed E-state index contributed by atoms with van der Waals surface area (Å²) in [5, 5.41) is 6.80. The fraction of sp³-hybridized carbons (Fsp3) is 0.345. The molecule has 3 aliphatic rings. The molecule has 0 spiro atoms. The average molecular weight is 500 g/mol. The van der Waals surface area contributed by atoms with Gasteiger partial charge in [-0.15, -0.1) is 22.7 Å². The van der Waals surface area contributed by atoms with Crippen molar-refractivity contribution in [2.45, 2.75) is 64.0 Å². The minimum atomic E-state index is -0.108. The Morgan fingerprint density at radius 1 is 0.886 bits per heavy atom. The Hall–Kier alpha value is -2.83. The predicted octanol–water partition coefficient (Wildman–Crippen LogP) is 7.50. The van der Waals surface area contributed by atoms with E-state index in [0.29, 0.717) is 6.54 Å². The molecule has 178 valence electrons. The lowest BCUT2D eigenvalue weighted by atomic mass is 9.90. The number of nitrogens with one attached hydrogen (secondary N) is 1. The standard InChI is InChI=1S/C29H29N3OS2/c33-29(30-23-12-5-9-19-8-1-2-10-20(19)23)32-18-22-21-11-3-4-14-25(21)35-28(22)31-16-6-13-24(31)27(32)26-15-7-17-34-26/h5-7,9,12-13,15-17,27H,1-4,8,10-11,14,18H2,(H,30,33)/t27-/m0/s1. The third kappa shape index (κ3) is 3.57. The summed E-state index contributed by atoms with van der Waals surface area (Å²) in [6.07, 6.45) is 11.6. The fourth-order valence-corrected chi connectivity index (χ4v) is 8.47. The first kappa shape index (κ1) is 21.5. The second-order valence-electron chi connectivity index (χ2n) is 9.92. The second-order valence-corrected chi connectivity index (χ2v) is 12.0. The van der Waals surface area contributed by atoms with Gasteiger partial charge in [0, 0.05) is 27.2 Å². The van der Waals surface area contributed by atoms with Gasteiger partial charge in [-0.05, 0) is 97.7 Å². The van der Waals surface area contributed by atoms with Crippen molar-refractivity contribution >= 4 is 34.4 Å². The van der Waals surface area contributed by atoms with Crippen LogP contribution in [0.5, 0.6) is 0 Å². The van der Waals surface area contributed by atoms with Crippen LogP contribution in [0, 0.1) is 0 Å². The number of thiophene rings is 2. The maximum absolute atomic E-state index is 14.2. The minimum Gasteiger partial charge on any atom is -0.310 e. The highest BCUT2D eigenvalue weighted by Crippen LogP contribution is 2.45. The Bertz CT molecular complexity index is 1400. The van der Waals surface area contributed by atoms with Crippen molar-refractivity contribution in [2.75, 3.05) is 5.32 Å². The number of carbonyl (C=O) groups is 1. The summed E-state index contributed by atoms with van der Waals surface area (Å²) in [5.41, 5.74) is 7.73. The number of urea groups is 1. The molecule has 6 heteroatoms. The number of nitrogens with zero attached hydrogens (tertiary/aromatic N) is 2. The topological polar surface area (TPSA) is 37.3 Å². The Kier molecular flexibility index (Phi) is 5.32. The molecule has 4 heterocycles. The van der Waals surface area contributed by atoms with Gasteiger partial charge in [0.15, 0.2) is 0 Å². The molecule has 4 nitrogen and oxygen atoms in total. The van der Waals surface area contributed by atoms with E-state index < -0.39 is 0 Å². The van der Waals surface area contributed by atoms with E-state index in [2.05, 4.69) is 68.8 Å². The van der Waals surface area contributed by atoms with Gasteiger partial charge in [-0.2, -0.15) is 0 Å². The number of hydrogen-bond donors (Lipinski definition) is 1. The summed E-state index contributed by atoms with van der Waals surface area (Å²) in [6.45, 7) is 0.645. The molecule has 7 rings (SSSR count). The first-order chi connectivity index (χ1) is 17.3. The molecule has 1 atom stereocenters. The highest BCUT2D eigenvalue weighted by Gasteiger charge is 2.36. The second kappa shape index (κ2) is 8.68. The minimum absolute atomic E-state index is 0.00117. The molecule has 35 heavy (non-hydrogen) atoms. The van der Waals surface area contributed by atoms with Gasteiger partial charge in [0.25, 0.3) is 0 Å². The predicted molar refractivity (Wildman–Crippen MR) is 144 cm³/mol. The Labute approximate surface area is 214 Å². The number of fused-ring (bicyclic) bond motifs is 6. The maximum atomic E-state index is 14.2. The molecule has 0 unspecified atom stereocenters. The Morgan fingerprint density at radius 2 is 1.74 bits per heavy atom. The Morgan fingerprint density at radius 3 is 2.63 bits per heavy atom. The number of rotatable bonds is 2. The third-order valence-corrected chi connectivity index (χ3v) is 10.1. The number of amides is 2. The van der Waals surface area contributed by atoms with Crippen molar-refractivity contribution in [1.82, 2.24) is 9.47 Å². The number of benzene rings is 1. The van der Waals surface area contributed by atoms with Crippen LogP contribution in [0.25, 0.3) is 5.00 Å². The van der Waals surface area contributed by atoms with Gasteiger partial charge >= 0.3 is 6.03 Å². The number of hydrogen-bond acceptors (Lipinski definition) is 3. The van der Waals surface area contributed by atoms with E-state index in [1.807, 2.05) is 11.3 Å². The largest absolute Gasteiger partial charge is 0.323 e. The lowest BCUT2D eigenvalue weighted by Crippen LogP contribution is -2.38. The van der Waals surface area contributed by atoms with E-state index in [4.69, 9.17) is 0 Å². The summed E-state index contributed by atoms with van der Waals surface area (Å²) >= 11 is 3.68. The first-order valence-corrected chi connectivity index (χ1v) is 14.5. The lowest BCUT2D eigenvalue weighted by Gasteiger charge is -2.31. The highest BCUT2D eigenvalue weighted by atomic mass is 32.1. The van der Waals surface area contributed by atoms with Gasteiger partial charge in [-0.25, -0.2) is 4.79 Å². The van der Waals surface area contributed by atoms with Crippen molar-refractivity contribution in [3.05, 3.63) is 91.7 Å². The molecule has 2 aliphatic carbocycles. The van der Waals surface area contributed by atoms with Gasteiger partial charge in [0.1, 0.15) is 11.0 Å². The van der Waals surface area contributed by atoms with Gasteiger partial charge in [0.2, 0.25) is 0 Å². The maximum Gasteiger partial charge on any atom is 0.323 e. The molecule has 1 aliphatic heterocycles. The van der Waals surface area contributed by atoms with Gasteiger partial charge in [-0.1, -0.05) is 18.2 Å². The summed E-state index contributed by atoms with van der Waals surface area (Å²) in [4.78, 5) is 19.0. The molecular weight excluding hydrogens is 470 g/mol. The zero-order valence-corrected chi connectivity index (χ0v) is 21.4. The molecule has 0 fully saturated rings. The van der Waals surface area contributed by atoms with Crippen LogP contribution in [0.15, 0.2) is 54.0 Å². The van der Waals surface area contributed by atoms with Crippen LogP contribution >= 0.6 is 22.7 Å². The van der Waals surface area contributed by atoms with Gasteiger partial charge in [0.05, 0.1) is 12.2 Å². The van der Waals surface area contributed by atoms with Crippen LogP contribution in [0.4, 0.5) is 10.5 Å². The average Bonchev–Trinajstić information content (AvgIpc) is 3.64. The summed E-state index contributed by atoms with van der Waals surface area (Å²) < 4.78 is 2.36. The van der Waals surface area contributed by atoms with Crippen LogP contribution in [0.2, 0.25) is 0 Å². The van der Waals surface area contributed by atoms with Crippen LogP contribution in [0.1, 0.15) is 69.4 Å². The van der Waals surface area contributed by atoms with Crippen LogP contribution in [-0.4, -0.2) is 15.5 Å². The quantitative estimate of drug-likeness (QED) is 0.305. The van der Waals surface area contributed by atoms with Crippen molar-refractivity contribution in [2.24, 2.45) is 0 Å². The SMILES string of the molecule is O=C(Nc1cccc2c1CCCC2)N1Cc2c(sc3c2CCCC3)-n2cccc2[C@H]1c1cccs1. The number of carbonyl (C=O) groups excluding carboxylic acids is 1. The fourth-order valence-electron chi connectivity index (χ4n) is 6.22. The van der Waals surface area contributed by atoms with E-state index in [-0.39, 0.29) is 12.1 Å². The van der Waals surface area contributed by atoms with Crippen molar-refractivity contribution in [3.63, 3.8) is 0 Å². The van der Waals surface area contributed by atoms with E-state index in [9.17, 15) is 4.79 Å². The molecule has 0 radical (unpaired) electrons. The Balaban J connectivity index is 1.34. The molecule has 0 bridgehead atoms. The van der Waals surface area contributed by atoms with Crippen molar-refractivity contribution in [3.8, 4) is 5.00 Å². The van der Waals surface area contributed by atoms with E-state index >= 15 is 0 Å². The summed E-state index contributed by atoms with van der Waals surface area (Å²) in [5.74, 6) is 0.